The smallest absolute Gasteiger partial charge is 0.265 e. The summed E-state index contributed by atoms with van der Waals surface area (Å²) in [5.41, 5.74) is 0.614. The normalized spacial score (nSPS) is 12.4. The quantitative estimate of drug-likeness (QED) is 0.735. The number of hydrogen-bond acceptors (Lipinski definition) is 6. The Bertz CT molecular complexity index is 336. The van der Waals surface area contributed by atoms with Crippen LogP contribution in [0.3, 0.4) is 0 Å². The lowest BCUT2D eigenvalue weighted by atomic mass is 10.2. The third-order valence-corrected chi connectivity index (χ3v) is 2.87. The zero-order chi connectivity index (χ0) is 12.0. The van der Waals surface area contributed by atoms with Gasteiger partial charge < -0.3 is 15.2 Å². The van der Waals surface area contributed by atoms with Gasteiger partial charge in [0, 0.05) is 13.7 Å². The largest absolute Gasteiger partial charge is 0.396 e. The van der Waals surface area contributed by atoms with Gasteiger partial charge in [0.05, 0.1) is 18.3 Å². The first-order valence-corrected chi connectivity index (χ1v) is 5.66. The van der Waals surface area contributed by atoms with Crippen LogP contribution in [0.15, 0.2) is 0 Å². The van der Waals surface area contributed by atoms with Gasteiger partial charge in [0.1, 0.15) is 4.88 Å². The van der Waals surface area contributed by atoms with Crippen molar-refractivity contribution in [3.8, 4) is 0 Å². The van der Waals surface area contributed by atoms with Gasteiger partial charge in [-0.1, -0.05) is 4.49 Å². The van der Waals surface area contributed by atoms with Gasteiger partial charge in [-0.3, -0.25) is 4.79 Å². The number of aliphatic hydroxyl groups excluding tert-OH is 1. The predicted molar refractivity (Wildman–Crippen MR) is 59.5 cm³/mol. The summed E-state index contributed by atoms with van der Waals surface area (Å²) in [6, 6.07) is -0.191. The number of ether oxygens (including phenoxy) is 1. The summed E-state index contributed by atoms with van der Waals surface area (Å²) in [5.74, 6) is -0.219. The van der Waals surface area contributed by atoms with Crippen molar-refractivity contribution in [3.05, 3.63) is 10.6 Å². The van der Waals surface area contributed by atoms with Crippen LogP contribution in [-0.2, 0) is 4.74 Å². The Kier molecular flexibility index (Phi) is 5.30. The van der Waals surface area contributed by atoms with Crippen molar-refractivity contribution < 1.29 is 14.6 Å². The molecule has 0 spiro atoms. The second kappa shape index (κ2) is 6.51. The lowest BCUT2D eigenvalue weighted by Gasteiger charge is -2.15. The summed E-state index contributed by atoms with van der Waals surface area (Å²) in [6.45, 7) is 2.11. The average molecular weight is 245 g/mol. The Morgan fingerprint density at radius 2 is 2.44 bits per heavy atom. The number of methoxy groups -OCH3 is 1. The van der Waals surface area contributed by atoms with E-state index in [0.29, 0.717) is 23.6 Å². The summed E-state index contributed by atoms with van der Waals surface area (Å²) >= 11 is 1.06. The number of rotatable bonds is 6. The van der Waals surface area contributed by atoms with E-state index in [4.69, 9.17) is 9.84 Å². The molecule has 0 bridgehead atoms. The molecule has 6 nitrogen and oxygen atoms in total. The second-order valence-electron chi connectivity index (χ2n) is 3.33. The molecule has 0 radical (unpaired) electrons. The monoisotopic (exact) mass is 245 g/mol. The van der Waals surface area contributed by atoms with Crippen molar-refractivity contribution in [2.75, 3.05) is 20.3 Å². The SMILES string of the molecule is COCC(CCO)NC(=O)c1snnc1C. The lowest BCUT2D eigenvalue weighted by Crippen LogP contribution is -2.38. The van der Waals surface area contributed by atoms with E-state index in [2.05, 4.69) is 14.9 Å². The van der Waals surface area contributed by atoms with E-state index >= 15 is 0 Å². The maximum atomic E-state index is 11.8. The molecule has 1 atom stereocenters. The highest BCUT2D eigenvalue weighted by Crippen LogP contribution is 2.09. The van der Waals surface area contributed by atoms with E-state index in [1.54, 1.807) is 14.0 Å². The van der Waals surface area contributed by atoms with Crippen LogP contribution in [-0.4, -0.2) is 47.0 Å². The first kappa shape index (κ1) is 13.0. The molecule has 1 aromatic heterocycles. The first-order valence-electron chi connectivity index (χ1n) is 4.88. The summed E-state index contributed by atoms with van der Waals surface area (Å²) in [5, 5.41) is 15.4. The third-order valence-electron chi connectivity index (χ3n) is 2.04. The number of aromatic nitrogens is 2. The van der Waals surface area contributed by atoms with Crippen LogP contribution in [0.2, 0.25) is 0 Å². The number of aliphatic hydroxyl groups is 1. The fourth-order valence-corrected chi connectivity index (χ4v) is 1.80. The van der Waals surface area contributed by atoms with Crippen LogP contribution < -0.4 is 5.32 Å². The molecule has 1 aromatic rings. The number of carbonyl (C=O) groups excluding carboxylic acids is 1. The standard InChI is InChI=1S/C9H15N3O3S/c1-6-8(16-12-11-6)9(14)10-7(3-4-13)5-15-2/h7,13H,3-5H2,1-2H3,(H,10,14). The van der Waals surface area contributed by atoms with Crippen molar-refractivity contribution in [1.29, 1.82) is 0 Å². The van der Waals surface area contributed by atoms with Crippen LogP contribution in [0.1, 0.15) is 21.8 Å². The van der Waals surface area contributed by atoms with Crippen molar-refractivity contribution in [1.82, 2.24) is 14.9 Å². The number of nitrogens with zero attached hydrogens (tertiary/aromatic N) is 2. The van der Waals surface area contributed by atoms with Crippen molar-refractivity contribution in [2.45, 2.75) is 19.4 Å². The van der Waals surface area contributed by atoms with Crippen molar-refractivity contribution >= 4 is 17.4 Å². The fourth-order valence-electron chi connectivity index (χ4n) is 1.24. The third kappa shape index (κ3) is 3.51. The van der Waals surface area contributed by atoms with Gasteiger partial charge in [0.2, 0.25) is 0 Å². The molecule has 1 rings (SSSR count). The van der Waals surface area contributed by atoms with Gasteiger partial charge in [-0.25, -0.2) is 0 Å². The van der Waals surface area contributed by atoms with Gasteiger partial charge in [-0.2, -0.15) is 0 Å². The molecule has 2 N–H and O–H groups in total. The molecule has 1 heterocycles. The topological polar surface area (TPSA) is 84.3 Å². The highest BCUT2D eigenvalue weighted by Gasteiger charge is 2.17. The zero-order valence-electron chi connectivity index (χ0n) is 9.27. The zero-order valence-corrected chi connectivity index (χ0v) is 10.1. The molecule has 1 unspecified atom stereocenters. The van der Waals surface area contributed by atoms with E-state index in [1.807, 2.05) is 0 Å². The predicted octanol–water partition coefficient (Wildman–Crippen LogP) is -0.0263. The van der Waals surface area contributed by atoms with Crippen LogP contribution in [0.25, 0.3) is 0 Å². The fraction of sp³-hybridized carbons (Fsp3) is 0.667. The van der Waals surface area contributed by atoms with E-state index < -0.39 is 0 Å². The molecular weight excluding hydrogens is 230 g/mol. The van der Waals surface area contributed by atoms with E-state index in [1.165, 1.54) is 0 Å². The first-order chi connectivity index (χ1) is 7.69. The lowest BCUT2D eigenvalue weighted by molar-refractivity contribution is 0.0882. The highest BCUT2D eigenvalue weighted by molar-refractivity contribution is 7.07. The van der Waals surface area contributed by atoms with Gasteiger partial charge in [0.25, 0.3) is 5.91 Å². The number of hydrogen-bond donors (Lipinski definition) is 2. The minimum Gasteiger partial charge on any atom is -0.396 e. The Morgan fingerprint density at radius 3 is 2.94 bits per heavy atom. The Balaban J connectivity index is 2.58. The Labute approximate surface area is 97.8 Å². The minimum atomic E-state index is -0.219. The molecular formula is C9H15N3O3S. The molecule has 0 aliphatic rings. The molecule has 0 saturated heterocycles. The summed E-state index contributed by atoms with van der Waals surface area (Å²) < 4.78 is 8.64. The average Bonchev–Trinajstić information content (AvgIpc) is 2.65. The summed E-state index contributed by atoms with van der Waals surface area (Å²) in [7, 11) is 1.55. The van der Waals surface area contributed by atoms with Gasteiger partial charge in [-0.05, 0) is 24.9 Å². The van der Waals surface area contributed by atoms with E-state index in [-0.39, 0.29) is 18.6 Å². The van der Waals surface area contributed by atoms with E-state index in [0.717, 1.165) is 11.5 Å². The summed E-state index contributed by atoms with van der Waals surface area (Å²) in [6.07, 6.45) is 0.463. The molecule has 7 heteroatoms. The van der Waals surface area contributed by atoms with E-state index in [9.17, 15) is 4.79 Å². The molecule has 0 aromatic carbocycles. The van der Waals surface area contributed by atoms with Crippen LogP contribution >= 0.6 is 11.5 Å². The number of nitrogens with one attached hydrogen (secondary N) is 1. The number of aryl methyl sites for hydroxylation is 1. The maximum absolute atomic E-state index is 11.8. The van der Waals surface area contributed by atoms with Crippen molar-refractivity contribution in [2.24, 2.45) is 0 Å². The van der Waals surface area contributed by atoms with Gasteiger partial charge in [0.15, 0.2) is 0 Å². The second-order valence-corrected chi connectivity index (χ2v) is 4.08. The minimum absolute atomic E-state index is 0.00816. The summed E-state index contributed by atoms with van der Waals surface area (Å²) in [4.78, 5) is 12.3. The van der Waals surface area contributed by atoms with Crippen LogP contribution in [0, 0.1) is 6.92 Å². The van der Waals surface area contributed by atoms with Crippen molar-refractivity contribution in [3.63, 3.8) is 0 Å². The molecule has 0 saturated carbocycles. The molecule has 16 heavy (non-hydrogen) atoms. The van der Waals surface area contributed by atoms with Crippen LogP contribution in [0.4, 0.5) is 0 Å². The molecule has 0 aliphatic heterocycles. The van der Waals surface area contributed by atoms with Gasteiger partial charge in [-0.15, -0.1) is 5.10 Å². The Hall–Kier alpha value is -1.05. The molecule has 1 amide bonds. The molecule has 90 valence electrons. The molecule has 0 aliphatic carbocycles. The number of carbonyl (C=O) groups is 1. The molecule has 0 fully saturated rings. The van der Waals surface area contributed by atoms with Gasteiger partial charge >= 0.3 is 0 Å². The Morgan fingerprint density at radius 1 is 1.69 bits per heavy atom. The van der Waals surface area contributed by atoms with Crippen LogP contribution in [0.5, 0.6) is 0 Å². The highest BCUT2D eigenvalue weighted by atomic mass is 32.1. The maximum Gasteiger partial charge on any atom is 0.265 e. The number of amides is 1.